The van der Waals surface area contributed by atoms with Crippen molar-refractivity contribution in [2.24, 2.45) is 5.73 Å². The topological polar surface area (TPSA) is 52.3 Å². The number of hydrogen-bond donors (Lipinski definition) is 1. The molecule has 1 aliphatic carbocycles. The highest BCUT2D eigenvalue weighted by atomic mass is 35.5. The lowest BCUT2D eigenvalue weighted by molar-refractivity contribution is -0.127. The maximum Gasteiger partial charge on any atom is 0.152 e. The number of ether oxygens (including phenoxy) is 1. The Labute approximate surface area is 108 Å². The highest BCUT2D eigenvalue weighted by Crippen LogP contribution is 2.18. The summed E-state index contributed by atoms with van der Waals surface area (Å²) in [7, 11) is 0. The van der Waals surface area contributed by atoms with Crippen LogP contribution in [0.1, 0.15) is 24.8 Å². The molecule has 0 bridgehead atoms. The lowest BCUT2D eigenvalue weighted by Crippen LogP contribution is -2.46. The smallest absolute Gasteiger partial charge is 0.152 e. The second-order valence-electron chi connectivity index (χ2n) is 4.22. The monoisotopic (exact) mass is 255 g/mol. The van der Waals surface area contributed by atoms with Gasteiger partial charge in [-0.2, -0.15) is 0 Å². The van der Waals surface area contributed by atoms with Crippen molar-refractivity contribution >= 4 is 18.2 Å². The summed E-state index contributed by atoms with van der Waals surface area (Å²) in [6.45, 7) is 0.534. The zero-order chi connectivity index (χ0) is 11.4. The number of halogens is 1. The minimum absolute atomic E-state index is 0. The van der Waals surface area contributed by atoms with Crippen LogP contribution in [-0.4, -0.2) is 17.9 Å². The Balaban J connectivity index is 0.00000144. The van der Waals surface area contributed by atoms with E-state index in [0.717, 1.165) is 18.4 Å². The lowest BCUT2D eigenvalue weighted by Gasteiger charge is -2.27. The first-order valence-corrected chi connectivity index (χ1v) is 5.71. The van der Waals surface area contributed by atoms with Gasteiger partial charge in [-0.1, -0.05) is 30.3 Å². The van der Waals surface area contributed by atoms with Crippen molar-refractivity contribution in [1.82, 2.24) is 0 Å². The van der Waals surface area contributed by atoms with E-state index in [0.29, 0.717) is 13.0 Å². The first kappa shape index (κ1) is 14.2. The largest absolute Gasteiger partial charge is 0.371 e. The quantitative estimate of drug-likeness (QED) is 0.900. The number of nitrogens with two attached hydrogens (primary N) is 1. The molecule has 4 heteroatoms. The van der Waals surface area contributed by atoms with Crippen LogP contribution in [0, 0.1) is 0 Å². The molecule has 1 saturated carbocycles. The van der Waals surface area contributed by atoms with E-state index in [2.05, 4.69) is 0 Å². The van der Waals surface area contributed by atoms with Crippen molar-refractivity contribution in [3.63, 3.8) is 0 Å². The van der Waals surface area contributed by atoms with E-state index in [-0.39, 0.29) is 24.3 Å². The molecule has 0 aliphatic heterocycles. The van der Waals surface area contributed by atoms with E-state index in [9.17, 15) is 4.79 Å². The van der Waals surface area contributed by atoms with E-state index in [1.54, 1.807) is 0 Å². The van der Waals surface area contributed by atoms with Gasteiger partial charge in [0.25, 0.3) is 0 Å². The molecule has 1 aliphatic rings. The fraction of sp³-hybridized carbons (Fsp3) is 0.462. The summed E-state index contributed by atoms with van der Waals surface area (Å²) in [5.41, 5.74) is 6.93. The molecule has 0 saturated heterocycles. The molecular weight excluding hydrogens is 238 g/mol. The van der Waals surface area contributed by atoms with Crippen molar-refractivity contribution in [2.75, 3.05) is 0 Å². The molecule has 2 atom stereocenters. The van der Waals surface area contributed by atoms with Gasteiger partial charge in [0.05, 0.1) is 18.8 Å². The Bertz CT molecular complexity index is 356. The minimum Gasteiger partial charge on any atom is -0.371 e. The number of hydrogen-bond acceptors (Lipinski definition) is 3. The second kappa shape index (κ2) is 6.74. The lowest BCUT2D eigenvalue weighted by atomic mass is 9.92. The number of benzene rings is 1. The first-order chi connectivity index (χ1) is 7.77. The third-order valence-corrected chi connectivity index (χ3v) is 2.99. The van der Waals surface area contributed by atoms with Crippen molar-refractivity contribution in [1.29, 1.82) is 0 Å². The van der Waals surface area contributed by atoms with Crippen molar-refractivity contribution in [3.8, 4) is 0 Å². The molecule has 1 fully saturated rings. The maximum absolute atomic E-state index is 11.4. The third kappa shape index (κ3) is 3.80. The number of carbonyl (C=O) groups excluding carboxylic acids is 1. The zero-order valence-electron chi connectivity index (χ0n) is 9.67. The molecule has 2 rings (SSSR count). The molecule has 3 nitrogen and oxygen atoms in total. The molecule has 94 valence electrons. The van der Waals surface area contributed by atoms with Gasteiger partial charge in [-0.15, -0.1) is 12.4 Å². The van der Waals surface area contributed by atoms with Crippen LogP contribution in [0.4, 0.5) is 0 Å². The highest BCUT2D eigenvalue weighted by molar-refractivity contribution is 5.85. The van der Waals surface area contributed by atoms with Gasteiger partial charge >= 0.3 is 0 Å². The molecule has 0 amide bonds. The molecule has 0 spiro atoms. The molecule has 0 aromatic heterocycles. The Hall–Kier alpha value is -0.900. The Kier molecular flexibility index (Phi) is 5.62. The summed E-state index contributed by atoms with van der Waals surface area (Å²) < 4.78 is 5.71. The van der Waals surface area contributed by atoms with Crippen LogP contribution in [0.25, 0.3) is 0 Å². The third-order valence-electron chi connectivity index (χ3n) is 2.99. The summed E-state index contributed by atoms with van der Waals surface area (Å²) >= 11 is 0. The van der Waals surface area contributed by atoms with Gasteiger partial charge < -0.3 is 10.5 Å². The predicted octanol–water partition coefficient (Wildman–Crippen LogP) is 2.07. The van der Waals surface area contributed by atoms with Crippen LogP contribution in [0.2, 0.25) is 0 Å². The average Bonchev–Trinajstić information content (AvgIpc) is 2.32. The number of ketones is 1. The van der Waals surface area contributed by atoms with Crippen LogP contribution in [-0.2, 0) is 16.1 Å². The van der Waals surface area contributed by atoms with E-state index in [1.807, 2.05) is 30.3 Å². The van der Waals surface area contributed by atoms with Crippen molar-refractivity contribution in [2.45, 2.75) is 38.0 Å². The van der Waals surface area contributed by atoms with Crippen LogP contribution < -0.4 is 5.73 Å². The predicted molar refractivity (Wildman–Crippen MR) is 69.1 cm³/mol. The fourth-order valence-electron chi connectivity index (χ4n) is 2.00. The van der Waals surface area contributed by atoms with Crippen LogP contribution in [0.3, 0.4) is 0 Å². The number of rotatable bonds is 3. The molecule has 1 aromatic rings. The molecule has 0 heterocycles. The van der Waals surface area contributed by atoms with Crippen LogP contribution in [0.15, 0.2) is 30.3 Å². The van der Waals surface area contributed by atoms with E-state index >= 15 is 0 Å². The van der Waals surface area contributed by atoms with Gasteiger partial charge in [-0.3, -0.25) is 4.79 Å². The zero-order valence-corrected chi connectivity index (χ0v) is 10.5. The first-order valence-electron chi connectivity index (χ1n) is 5.71. The highest BCUT2D eigenvalue weighted by Gasteiger charge is 2.29. The molecular formula is C13H18ClNO2. The summed E-state index contributed by atoms with van der Waals surface area (Å²) in [5.74, 6) is 0.129. The van der Waals surface area contributed by atoms with Gasteiger partial charge in [0, 0.05) is 6.42 Å². The molecule has 1 aromatic carbocycles. The molecule has 0 unspecified atom stereocenters. The van der Waals surface area contributed by atoms with Gasteiger partial charge in [0.2, 0.25) is 0 Å². The van der Waals surface area contributed by atoms with Crippen molar-refractivity contribution in [3.05, 3.63) is 35.9 Å². The average molecular weight is 256 g/mol. The SMILES string of the molecule is Cl.N[C@@H]1C(=O)CCC[C@H]1OCc1ccccc1. The fourth-order valence-corrected chi connectivity index (χ4v) is 2.00. The summed E-state index contributed by atoms with van der Waals surface area (Å²) in [5, 5.41) is 0. The van der Waals surface area contributed by atoms with Crippen molar-refractivity contribution < 1.29 is 9.53 Å². The Morgan fingerprint density at radius 3 is 2.71 bits per heavy atom. The van der Waals surface area contributed by atoms with Crippen LogP contribution in [0.5, 0.6) is 0 Å². The molecule has 0 radical (unpaired) electrons. The van der Waals surface area contributed by atoms with Gasteiger partial charge in [0.1, 0.15) is 0 Å². The Morgan fingerprint density at radius 2 is 2.00 bits per heavy atom. The summed E-state index contributed by atoms with van der Waals surface area (Å²) in [4.78, 5) is 11.4. The second-order valence-corrected chi connectivity index (χ2v) is 4.22. The number of Topliss-reactive ketones (excluding diaryl/α,β-unsaturated/α-hetero) is 1. The standard InChI is InChI=1S/C13H17NO2.ClH/c14-13-11(15)7-4-8-12(13)16-9-10-5-2-1-3-6-10;/h1-3,5-6,12-13H,4,7-9,14H2;1H/t12-,13-;/m1./s1. The minimum atomic E-state index is -0.433. The Morgan fingerprint density at radius 1 is 1.29 bits per heavy atom. The number of carbonyl (C=O) groups is 1. The van der Waals surface area contributed by atoms with Gasteiger partial charge in [-0.25, -0.2) is 0 Å². The normalized spacial score (nSPS) is 24.2. The maximum atomic E-state index is 11.4. The van der Waals surface area contributed by atoms with E-state index in [4.69, 9.17) is 10.5 Å². The van der Waals surface area contributed by atoms with Gasteiger partial charge in [0.15, 0.2) is 5.78 Å². The molecule has 17 heavy (non-hydrogen) atoms. The molecule has 2 N–H and O–H groups in total. The van der Waals surface area contributed by atoms with E-state index in [1.165, 1.54) is 0 Å². The van der Waals surface area contributed by atoms with Gasteiger partial charge in [-0.05, 0) is 18.4 Å². The van der Waals surface area contributed by atoms with Crippen LogP contribution >= 0.6 is 12.4 Å². The summed E-state index contributed by atoms with van der Waals surface area (Å²) in [6, 6.07) is 9.51. The summed E-state index contributed by atoms with van der Waals surface area (Å²) in [6.07, 6.45) is 2.28. The van der Waals surface area contributed by atoms with E-state index < -0.39 is 6.04 Å².